The van der Waals surface area contributed by atoms with Crippen molar-refractivity contribution in [3.63, 3.8) is 0 Å². The van der Waals surface area contributed by atoms with Crippen LogP contribution in [0.1, 0.15) is 24.8 Å². The highest BCUT2D eigenvalue weighted by Crippen LogP contribution is 2.44. The van der Waals surface area contributed by atoms with Gasteiger partial charge < -0.3 is 4.90 Å². The first-order valence-electron chi connectivity index (χ1n) is 5.54. The van der Waals surface area contributed by atoms with Crippen LogP contribution in [0.3, 0.4) is 0 Å². The van der Waals surface area contributed by atoms with E-state index in [1.165, 1.54) is 12.1 Å². The van der Waals surface area contributed by atoms with Gasteiger partial charge >= 0.3 is 0 Å². The molecule has 1 saturated carbocycles. The van der Waals surface area contributed by atoms with E-state index in [1.54, 1.807) is 31.1 Å². The van der Waals surface area contributed by atoms with E-state index in [-0.39, 0.29) is 11.7 Å². The van der Waals surface area contributed by atoms with Crippen LogP contribution >= 0.6 is 0 Å². The quantitative estimate of drug-likeness (QED) is 0.750. The number of benzene rings is 1. The van der Waals surface area contributed by atoms with Gasteiger partial charge in [0.25, 0.3) is 0 Å². The molecule has 0 N–H and O–H groups in total. The molecule has 1 aromatic carbocycles. The summed E-state index contributed by atoms with van der Waals surface area (Å²) in [6.07, 6.45) is 2.81. The van der Waals surface area contributed by atoms with Crippen LogP contribution in [0.5, 0.6) is 0 Å². The van der Waals surface area contributed by atoms with Gasteiger partial charge in [0.05, 0.1) is 5.41 Å². The molecule has 0 bridgehead atoms. The summed E-state index contributed by atoms with van der Waals surface area (Å²) in [7, 11) is 3.54. The largest absolute Gasteiger partial charge is 0.348 e. The number of carbonyl (C=O) groups is 1. The first kappa shape index (κ1) is 11.1. The van der Waals surface area contributed by atoms with E-state index in [2.05, 4.69) is 0 Å². The van der Waals surface area contributed by atoms with Gasteiger partial charge in [-0.25, -0.2) is 4.39 Å². The molecule has 0 unspecified atom stereocenters. The van der Waals surface area contributed by atoms with E-state index >= 15 is 0 Å². The molecule has 0 saturated heterocycles. The highest BCUT2D eigenvalue weighted by Gasteiger charge is 2.46. The summed E-state index contributed by atoms with van der Waals surface area (Å²) in [5.41, 5.74) is 0.552. The Balaban J connectivity index is 2.35. The summed E-state index contributed by atoms with van der Waals surface area (Å²) >= 11 is 0. The molecule has 1 fully saturated rings. The zero-order valence-corrected chi connectivity index (χ0v) is 9.66. The zero-order valence-electron chi connectivity index (χ0n) is 9.66. The Morgan fingerprint density at radius 1 is 1.25 bits per heavy atom. The second-order valence-electron chi connectivity index (χ2n) is 4.64. The molecular formula is C13H16FNO. The molecule has 1 aliphatic carbocycles. The SMILES string of the molecule is CN(C)C(=O)C1(c2ccc(F)cc2)CCC1. The highest BCUT2D eigenvalue weighted by molar-refractivity contribution is 5.88. The summed E-state index contributed by atoms with van der Waals surface area (Å²) in [5.74, 6) is -0.124. The van der Waals surface area contributed by atoms with Crippen LogP contribution in [0.15, 0.2) is 24.3 Å². The van der Waals surface area contributed by atoms with Gasteiger partial charge in [-0.2, -0.15) is 0 Å². The van der Waals surface area contributed by atoms with Crippen LogP contribution in [0.25, 0.3) is 0 Å². The molecule has 3 heteroatoms. The standard InChI is InChI=1S/C13H16FNO/c1-15(2)12(16)13(8-3-9-13)10-4-6-11(14)7-5-10/h4-7H,3,8-9H2,1-2H3. The topological polar surface area (TPSA) is 20.3 Å². The van der Waals surface area contributed by atoms with Crippen LogP contribution in [0, 0.1) is 5.82 Å². The van der Waals surface area contributed by atoms with E-state index in [9.17, 15) is 9.18 Å². The molecule has 0 aliphatic heterocycles. The third-order valence-corrected chi connectivity index (χ3v) is 3.42. The van der Waals surface area contributed by atoms with Crippen LogP contribution in [-0.2, 0) is 10.2 Å². The number of rotatable bonds is 2. The molecule has 1 aromatic rings. The van der Waals surface area contributed by atoms with E-state index in [4.69, 9.17) is 0 Å². The van der Waals surface area contributed by atoms with Crippen molar-refractivity contribution in [3.8, 4) is 0 Å². The van der Waals surface area contributed by atoms with Crippen molar-refractivity contribution in [2.24, 2.45) is 0 Å². The summed E-state index contributed by atoms with van der Waals surface area (Å²) in [6.45, 7) is 0. The Kier molecular flexibility index (Phi) is 2.70. The van der Waals surface area contributed by atoms with Gasteiger partial charge in [-0.05, 0) is 30.5 Å². The fraction of sp³-hybridized carbons (Fsp3) is 0.462. The van der Waals surface area contributed by atoms with E-state index in [1.807, 2.05) is 0 Å². The molecule has 1 amide bonds. The number of carbonyl (C=O) groups excluding carboxylic acids is 1. The van der Waals surface area contributed by atoms with E-state index in [0.717, 1.165) is 24.8 Å². The molecule has 86 valence electrons. The van der Waals surface area contributed by atoms with Crippen LogP contribution < -0.4 is 0 Å². The van der Waals surface area contributed by atoms with E-state index < -0.39 is 5.41 Å². The predicted octanol–water partition coefficient (Wildman–Crippen LogP) is 2.34. The molecule has 0 heterocycles. The summed E-state index contributed by atoms with van der Waals surface area (Å²) in [6, 6.07) is 6.32. The average molecular weight is 221 g/mol. The minimum absolute atomic E-state index is 0.130. The maximum absolute atomic E-state index is 12.9. The van der Waals surface area contributed by atoms with Gasteiger partial charge in [-0.1, -0.05) is 18.6 Å². The first-order chi connectivity index (χ1) is 7.56. The predicted molar refractivity (Wildman–Crippen MR) is 60.6 cm³/mol. The number of nitrogens with zero attached hydrogens (tertiary/aromatic N) is 1. The van der Waals surface area contributed by atoms with Crippen molar-refractivity contribution in [3.05, 3.63) is 35.6 Å². The second-order valence-corrected chi connectivity index (χ2v) is 4.64. The number of halogens is 1. The molecule has 0 spiro atoms. The Morgan fingerprint density at radius 2 is 1.81 bits per heavy atom. The summed E-state index contributed by atoms with van der Waals surface area (Å²) < 4.78 is 12.9. The van der Waals surface area contributed by atoms with Gasteiger partial charge in [0, 0.05) is 14.1 Å². The Bertz CT molecular complexity index is 393. The van der Waals surface area contributed by atoms with Gasteiger partial charge in [-0.3, -0.25) is 4.79 Å². The number of hydrogen-bond donors (Lipinski definition) is 0. The van der Waals surface area contributed by atoms with Gasteiger partial charge in [0.15, 0.2) is 0 Å². The van der Waals surface area contributed by atoms with Gasteiger partial charge in [-0.15, -0.1) is 0 Å². The molecule has 16 heavy (non-hydrogen) atoms. The lowest BCUT2D eigenvalue weighted by Crippen LogP contribution is -2.48. The Labute approximate surface area is 95.1 Å². The molecule has 0 atom stereocenters. The second kappa shape index (κ2) is 3.89. The normalized spacial score (nSPS) is 17.7. The first-order valence-corrected chi connectivity index (χ1v) is 5.54. The zero-order chi connectivity index (χ0) is 11.8. The monoisotopic (exact) mass is 221 g/mol. The maximum Gasteiger partial charge on any atom is 0.232 e. The van der Waals surface area contributed by atoms with Crippen molar-refractivity contribution < 1.29 is 9.18 Å². The smallest absolute Gasteiger partial charge is 0.232 e. The average Bonchev–Trinajstić information content (AvgIpc) is 2.19. The number of likely N-dealkylation sites (N-methyl/N-ethyl adjacent to an activating group) is 1. The number of hydrogen-bond acceptors (Lipinski definition) is 1. The van der Waals surface area contributed by atoms with Crippen molar-refractivity contribution in [1.82, 2.24) is 4.90 Å². The lowest BCUT2D eigenvalue weighted by molar-refractivity contribution is -0.138. The van der Waals surface area contributed by atoms with Crippen LogP contribution in [-0.4, -0.2) is 24.9 Å². The van der Waals surface area contributed by atoms with Gasteiger partial charge in [0.2, 0.25) is 5.91 Å². The number of amides is 1. The Morgan fingerprint density at radius 3 is 2.19 bits per heavy atom. The molecule has 2 rings (SSSR count). The lowest BCUT2D eigenvalue weighted by Gasteiger charge is -2.42. The maximum atomic E-state index is 12.9. The summed E-state index contributed by atoms with van der Waals surface area (Å²) in [4.78, 5) is 13.8. The van der Waals surface area contributed by atoms with Crippen LogP contribution in [0.4, 0.5) is 4.39 Å². The molecule has 1 aliphatic rings. The Hall–Kier alpha value is -1.38. The summed E-state index contributed by atoms with van der Waals surface area (Å²) in [5, 5.41) is 0. The van der Waals surface area contributed by atoms with E-state index in [0.29, 0.717) is 0 Å². The third-order valence-electron chi connectivity index (χ3n) is 3.42. The fourth-order valence-electron chi connectivity index (χ4n) is 2.35. The molecular weight excluding hydrogens is 205 g/mol. The minimum atomic E-state index is -0.392. The van der Waals surface area contributed by atoms with Crippen molar-refractivity contribution in [2.75, 3.05) is 14.1 Å². The third kappa shape index (κ3) is 1.60. The van der Waals surface area contributed by atoms with Crippen molar-refractivity contribution >= 4 is 5.91 Å². The fourth-order valence-corrected chi connectivity index (χ4v) is 2.35. The molecule has 2 nitrogen and oxygen atoms in total. The van der Waals surface area contributed by atoms with Crippen molar-refractivity contribution in [1.29, 1.82) is 0 Å². The van der Waals surface area contributed by atoms with Crippen molar-refractivity contribution in [2.45, 2.75) is 24.7 Å². The van der Waals surface area contributed by atoms with Crippen LogP contribution in [0.2, 0.25) is 0 Å². The highest BCUT2D eigenvalue weighted by atomic mass is 19.1. The van der Waals surface area contributed by atoms with Gasteiger partial charge in [0.1, 0.15) is 5.82 Å². The minimum Gasteiger partial charge on any atom is -0.348 e. The lowest BCUT2D eigenvalue weighted by atomic mass is 9.63. The molecule has 0 aromatic heterocycles. The molecule has 0 radical (unpaired) electrons.